The quantitative estimate of drug-likeness (QED) is 0.670. The molecule has 2 aromatic heterocycles. The van der Waals surface area contributed by atoms with Gasteiger partial charge in [-0.1, -0.05) is 17.7 Å². The fourth-order valence-electron chi connectivity index (χ4n) is 2.41. The van der Waals surface area contributed by atoms with Crippen LogP contribution < -0.4 is 0 Å². The summed E-state index contributed by atoms with van der Waals surface area (Å²) in [6.07, 6.45) is 3.63. The first-order chi connectivity index (χ1) is 9.70. The standard InChI is InChI=1S/C15H13Cl2N3/c1-10(11-3-2-6-18-9-11)20-14-7-12(17)4-5-13(14)19-15(20)8-16/h2-7,9-10H,8H2,1H3. The van der Waals surface area contributed by atoms with E-state index in [1.807, 2.05) is 36.5 Å². The molecule has 102 valence electrons. The molecule has 0 saturated carbocycles. The number of fused-ring (bicyclic) bond motifs is 1. The Bertz CT molecular complexity index is 737. The van der Waals surface area contributed by atoms with Crippen LogP contribution in [0.5, 0.6) is 0 Å². The van der Waals surface area contributed by atoms with E-state index in [9.17, 15) is 0 Å². The molecule has 0 saturated heterocycles. The van der Waals surface area contributed by atoms with Crippen molar-refractivity contribution in [3.63, 3.8) is 0 Å². The number of halogens is 2. The third-order valence-corrected chi connectivity index (χ3v) is 3.87. The van der Waals surface area contributed by atoms with Crippen molar-refractivity contribution in [1.29, 1.82) is 0 Å². The monoisotopic (exact) mass is 305 g/mol. The van der Waals surface area contributed by atoms with Gasteiger partial charge >= 0.3 is 0 Å². The summed E-state index contributed by atoms with van der Waals surface area (Å²) in [5, 5.41) is 0.693. The Hall–Kier alpha value is -1.58. The average Bonchev–Trinajstić information content (AvgIpc) is 2.85. The normalized spacial score (nSPS) is 12.8. The van der Waals surface area contributed by atoms with Crippen LogP contribution in [0.3, 0.4) is 0 Å². The topological polar surface area (TPSA) is 30.7 Å². The molecule has 0 aliphatic carbocycles. The number of aromatic nitrogens is 3. The molecular formula is C15H13Cl2N3. The minimum absolute atomic E-state index is 0.0981. The van der Waals surface area contributed by atoms with Crippen molar-refractivity contribution in [3.8, 4) is 0 Å². The van der Waals surface area contributed by atoms with Gasteiger partial charge in [0.1, 0.15) is 5.82 Å². The van der Waals surface area contributed by atoms with Gasteiger partial charge in [-0.15, -0.1) is 11.6 Å². The van der Waals surface area contributed by atoms with Crippen LogP contribution in [0.2, 0.25) is 5.02 Å². The fourth-order valence-corrected chi connectivity index (χ4v) is 2.77. The van der Waals surface area contributed by atoms with Crippen LogP contribution in [0.15, 0.2) is 42.7 Å². The Balaban J connectivity index is 2.21. The molecule has 1 atom stereocenters. The van der Waals surface area contributed by atoms with Crippen molar-refractivity contribution < 1.29 is 0 Å². The van der Waals surface area contributed by atoms with Gasteiger partial charge in [-0.3, -0.25) is 4.98 Å². The molecule has 0 N–H and O–H groups in total. The zero-order chi connectivity index (χ0) is 14.1. The second-order valence-corrected chi connectivity index (χ2v) is 5.33. The predicted molar refractivity (Wildman–Crippen MR) is 82.4 cm³/mol. The highest BCUT2D eigenvalue weighted by Crippen LogP contribution is 2.28. The van der Waals surface area contributed by atoms with E-state index in [4.69, 9.17) is 23.2 Å². The fraction of sp³-hybridized carbons (Fsp3) is 0.200. The van der Waals surface area contributed by atoms with Gasteiger partial charge in [-0.25, -0.2) is 4.98 Å². The minimum Gasteiger partial charge on any atom is -0.320 e. The molecule has 0 aliphatic heterocycles. The summed E-state index contributed by atoms with van der Waals surface area (Å²) < 4.78 is 2.12. The zero-order valence-corrected chi connectivity index (χ0v) is 12.4. The molecule has 0 radical (unpaired) electrons. The zero-order valence-electron chi connectivity index (χ0n) is 10.9. The van der Waals surface area contributed by atoms with E-state index in [2.05, 4.69) is 21.5 Å². The SMILES string of the molecule is CC(c1cccnc1)n1c(CCl)nc2ccc(Cl)cc21. The molecule has 3 rings (SSSR count). The van der Waals surface area contributed by atoms with Crippen molar-refractivity contribution in [3.05, 3.63) is 59.1 Å². The summed E-state index contributed by atoms with van der Waals surface area (Å²) in [7, 11) is 0. The lowest BCUT2D eigenvalue weighted by molar-refractivity contribution is 0.631. The summed E-state index contributed by atoms with van der Waals surface area (Å²) in [5.74, 6) is 1.19. The molecule has 0 fully saturated rings. The average molecular weight is 306 g/mol. The number of hydrogen-bond donors (Lipinski definition) is 0. The molecular weight excluding hydrogens is 293 g/mol. The predicted octanol–water partition coefficient (Wildman–Crippen LogP) is 4.43. The van der Waals surface area contributed by atoms with Crippen LogP contribution in [0.4, 0.5) is 0 Å². The van der Waals surface area contributed by atoms with Gasteiger partial charge in [0.2, 0.25) is 0 Å². The third kappa shape index (κ3) is 2.28. The molecule has 1 aromatic carbocycles. The lowest BCUT2D eigenvalue weighted by Gasteiger charge is -2.17. The van der Waals surface area contributed by atoms with Crippen LogP contribution in [0, 0.1) is 0 Å². The number of alkyl halides is 1. The Labute approximate surface area is 127 Å². The second-order valence-electron chi connectivity index (χ2n) is 4.63. The molecule has 1 unspecified atom stereocenters. The molecule has 0 aliphatic rings. The number of rotatable bonds is 3. The van der Waals surface area contributed by atoms with Gasteiger partial charge in [-0.05, 0) is 36.8 Å². The van der Waals surface area contributed by atoms with Crippen LogP contribution in [-0.2, 0) is 5.88 Å². The summed E-state index contributed by atoms with van der Waals surface area (Å²) in [6.45, 7) is 2.11. The van der Waals surface area contributed by atoms with Crippen LogP contribution in [-0.4, -0.2) is 14.5 Å². The van der Waals surface area contributed by atoms with Crippen LogP contribution in [0.25, 0.3) is 11.0 Å². The highest BCUT2D eigenvalue weighted by atomic mass is 35.5. The maximum atomic E-state index is 6.11. The largest absolute Gasteiger partial charge is 0.320 e. The second kappa shape index (κ2) is 5.43. The molecule has 3 aromatic rings. The lowest BCUT2D eigenvalue weighted by Crippen LogP contribution is -2.10. The smallest absolute Gasteiger partial charge is 0.125 e. The maximum absolute atomic E-state index is 6.11. The molecule has 3 nitrogen and oxygen atoms in total. The maximum Gasteiger partial charge on any atom is 0.125 e. The van der Waals surface area contributed by atoms with Gasteiger partial charge in [0.15, 0.2) is 0 Å². The summed E-state index contributed by atoms with van der Waals surface area (Å²) in [5.41, 5.74) is 3.00. The number of hydrogen-bond acceptors (Lipinski definition) is 2. The van der Waals surface area contributed by atoms with Crippen LogP contribution in [0.1, 0.15) is 24.4 Å². The highest BCUT2D eigenvalue weighted by molar-refractivity contribution is 6.31. The van der Waals surface area contributed by atoms with E-state index < -0.39 is 0 Å². The minimum atomic E-state index is 0.0981. The van der Waals surface area contributed by atoms with Gasteiger partial charge in [-0.2, -0.15) is 0 Å². The first kappa shape index (κ1) is 13.4. The molecule has 2 heterocycles. The molecule has 20 heavy (non-hydrogen) atoms. The highest BCUT2D eigenvalue weighted by Gasteiger charge is 2.17. The van der Waals surface area contributed by atoms with Gasteiger partial charge in [0.05, 0.1) is 23.0 Å². The molecule has 0 bridgehead atoms. The molecule has 5 heteroatoms. The number of nitrogens with zero attached hydrogens (tertiary/aromatic N) is 3. The summed E-state index contributed by atoms with van der Waals surface area (Å²) in [4.78, 5) is 8.75. The summed E-state index contributed by atoms with van der Waals surface area (Å²) in [6, 6.07) is 9.76. The lowest BCUT2D eigenvalue weighted by atomic mass is 10.1. The molecule has 0 amide bonds. The molecule has 0 spiro atoms. The van der Waals surface area contributed by atoms with E-state index >= 15 is 0 Å². The number of pyridine rings is 1. The van der Waals surface area contributed by atoms with E-state index in [-0.39, 0.29) is 6.04 Å². The first-order valence-corrected chi connectivity index (χ1v) is 7.24. The van der Waals surface area contributed by atoms with Crippen LogP contribution >= 0.6 is 23.2 Å². The first-order valence-electron chi connectivity index (χ1n) is 6.33. The van der Waals surface area contributed by atoms with Crippen molar-refractivity contribution in [2.75, 3.05) is 0 Å². The van der Waals surface area contributed by atoms with E-state index in [0.29, 0.717) is 10.9 Å². The van der Waals surface area contributed by atoms with Crippen molar-refractivity contribution in [1.82, 2.24) is 14.5 Å². The van der Waals surface area contributed by atoms with Crippen molar-refractivity contribution >= 4 is 34.2 Å². The number of benzene rings is 1. The Morgan fingerprint density at radius 3 is 2.85 bits per heavy atom. The van der Waals surface area contributed by atoms with Gasteiger partial charge < -0.3 is 4.57 Å². The Morgan fingerprint density at radius 1 is 1.30 bits per heavy atom. The van der Waals surface area contributed by atoms with E-state index in [1.54, 1.807) is 6.20 Å². The number of imidazole rings is 1. The van der Waals surface area contributed by atoms with Gasteiger partial charge in [0.25, 0.3) is 0 Å². The van der Waals surface area contributed by atoms with E-state index in [0.717, 1.165) is 22.4 Å². The van der Waals surface area contributed by atoms with Crippen molar-refractivity contribution in [2.24, 2.45) is 0 Å². The Morgan fingerprint density at radius 2 is 2.15 bits per heavy atom. The third-order valence-electron chi connectivity index (χ3n) is 3.40. The van der Waals surface area contributed by atoms with E-state index in [1.165, 1.54) is 0 Å². The summed E-state index contributed by atoms with van der Waals surface area (Å²) >= 11 is 12.2. The Kier molecular flexibility index (Phi) is 3.64. The van der Waals surface area contributed by atoms with Gasteiger partial charge in [0, 0.05) is 17.4 Å². The van der Waals surface area contributed by atoms with Crippen molar-refractivity contribution in [2.45, 2.75) is 18.8 Å².